The molecule has 2 aromatic carbocycles. The lowest BCUT2D eigenvalue weighted by Crippen LogP contribution is -2.04. The first-order valence-electron chi connectivity index (χ1n) is 5.58. The molecule has 0 heterocycles. The zero-order chi connectivity index (χ0) is 14.0. The zero-order valence-electron chi connectivity index (χ0n) is 9.84. The first kappa shape index (κ1) is 13.9. The van der Waals surface area contributed by atoms with Gasteiger partial charge in [-0.25, -0.2) is 0 Å². The third-order valence-corrected chi connectivity index (χ3v) is 3.10. The van der Waals surface area contributed by atoms with Crippen LogP contribution < -0.4 is 5.73 Å². The van der Waals surface area contributed by atoms with E-state index in [2.05, 4.69) is 0 Å². The van der Waals surface area contributed by atoms with Crippen LogP contribution in [0.1, 0.15) is 11.1 Å². The van der Waals surface area contributed by atoms with Crippen LogP contribution in [0, 0.1) is 0 Å². The van der Waals surface area contributed by atoms with E-state index in [0.29, 0.717) is 22.7 Å². The molecule has 100 valence electrons. The Bertz CT molecular complexity index is 593. The summed E-state index contributed by atoms with van der Waals surface area (Å²) in [5, 5.41) is 0.400. The summed E-state index contributed by atoms with van der Waals surface area (Å²) in [5.74, 6) is 0. The largest absolute Gasteiger partial charge is 0.416 e. The maximum Gasteiger partial charge on any atom is 0.416 e. The summed E-state index contributed by atoms with van der Waals surface area (Å²) in [6.07, 6.45) is -4.37. The van der Waals surface area contributed by atoms with Crippen LogP contribution in [-0.4, -0.2) is 0 Å². The van der Waals surface area contributed by atoms with Gasteiger partial charge >= 0.3 is 6.18 Å². The highest BCUT2D eigenvalue weighted by atomic mass is 35.5. The fraction of sp³-hybridized carbons (Fsp3) is 0.143. The van der Waals surface area contributed by atoms with Crippen molar-refractivity contribution in [3.8, 4) is 11.1 Å². The molecule has 0 fully saturated rings. The van der Waals surface area contributed by atoms with E-state index in [1.807, 2.05) is 0 Å². The number of hydrogen-bond donors (Lipinski definition) is 1. The zero-order valence-corrected chi connectivity index (χ0v) is 10.6. The van der Waals surface area contributed by atoms with Gasteiger partial charge in [0.15, 0.2) is 0 Å². The van der Waals surface area contributed by atoms with Gasteiger partial charge in [0.1, 0.15) is 0 Å². The highest BCUT2D eigenvalue weighted by Crippen LogP contribution is 2.34. The summed E-state index contributed by atoms with van der Waals surface area (Å²) in [5.41, 5.74) is 6.62. The Kier molecular flexibility index (Phi) is 3.83. The smallest absolute Gasteiger partial charge is 0.326 e. The third-order valence-electron chi connectivity index (χ3n) is 2.77. The number of nitrogens with two attached hydrogens (primary N) is 1. The molecule has 2 rings (SSSR count). The molecule has 0 aliphatic rings. The molecular formula is C14H11ClF3N. The lowest BCUT2D eigenvalue weighted by Gasteiger charge is -2.11. The minimum absolute atomic E-state index is 0.309. The average Bonchev–Trinajstić information content (AvgIpc) is 2.38. The van der Waals surface area contributed by atoms with E-state index in [-0.39, 0.29) is 0 Å². The molecule has 0 unspecified atom stereocenters. The van der Waals surface area contributed by atoms with Crippen LogP contribution in [0.4, 0.5) is 13.2 Å². The van der Waals surface area contributed by atoms with Crippen molar-refractivity contribution >= 4 is 11.6 Å². The van der Waals surface area contributed by atoms with E-state index in [0.717, 1.165) is 17.7 Å². The minimum Gasteiger partial charge on any atom is -0.326 e. The molecule has 0 saturated heterocycles. The Morgan fingerprint density at radius 3 is 2.42 bits per heavy atom. The fourth-order valence-corrected chi connectivity index (χ4v) is 2.01. The second kappa shape index (κ2) is 5.23. The standard InChI is InChI=1S/C14H11ClF3N/c15-13-5-4-9(8-19)6-12(13)10-2-1-3-11(7-10)14(16,17)18/h1-7H,8,19H2. The minimum atomic E-state index is -4.37. The van der Waals surface area contributed by atoms with E-state index in [1.165, 1.54) is 6.07 Å². The fourth-order valence-electron chi connectivity index (χ4n) is 1.78. The number of hydrogen-bond acceptors (Lipinski definition) is 1. The van der Waals surface area contributed by atoms with E-state index >= 15 is 0 Å². The Morgan fingerprint density at radius 2 is 1.79 bits per heavy atom. The van der Waals surface area contributed by atoms with E-state index in [9.17, 15) is 13.2 Å². The quantitative estimate of drug-likeness (QED) is 0.865. The number of halogens is 4. The van der Waals surface area contributed by atoms with Gasteiger partial charge in [-0.15, -0.1) is 0 Å². The van der Waals surface area contributed by atoms with Gasteiger partial charge in [-0.3, -0.25) is 0 Å². The summed E-state index contributed by atoms with van der Waals surface area (Å²) < 4.78 is 38.0. The third kappa shape index (κ3) is 3.08. The van der Waals surface area contributed by atoms with Crippen molar-refractivity contribution in [2.24, 2.45) is 5.73 Å². The van der Waals surface area contributed by atoms with Gasteiger partial charge < -0.3 is 5.73 Å². The van der Waals surface area contributed by atoms with E-state index in [4.69, 9.17) is 17.3 Å². The van der Waals surface area contributed by atoms with Crippen molar-refractivity contribution in [3.63, 3.8) is 0 Å². The molecule has 19 heavy (non-hydrogen) atoms. The normalized spacial score (nSPS) is 11.6. The van der Waals surface area contributed by atoms with Gasteiger partial charge in [-0.05, 0) is 35.4 Å². The molecular weight excluding hydrogens is 275 g/mol. The van der Waals surface area contributed by atoms with Crippen LogP contribution in [-0.2, 0) is 12.7 Å². The molecule has 2 aromatic rings. The molecule has 0 aliphatic heterocycles. The Balaban J connectivity index is 2.53. The van der Waals surface area contributed by atoms with Crippen molar-refractivity contribution in [1.82, 2.24) is 0 Å². The summed E-state index contributed by atoms with van der Waals surface area (Å²) in [4.78, 5) is 0. The van der Waals surface area contributed by atoms with Crippen molar-refractivity contribution in [1.29, 1.82) is 0 Å². The predicted molar refractivity (Wildman–Crippen MR) is 69.8 cm³/mol. The monoisotopic (exact) mass is 285 g/mol. The summed E-state index contributed by atoms with van der Waals surface area (Å²) in [7, 11) is 0. The summed E-state index contributed by atoms with van der Waals surface area (Å²) >= 11 is 6.03. The number of benzene rings is 2. The van der Waals surface area contributed by atoms with Crippen molar-refractivity contribution in [3.05, 3.63) is 58.6 Å². The van der Waals surface area contributed by atoms with Crippen LogP contribution in [0.3, 0.4) is 0 Å². The Labute approximate surface area is 113 Å². The summed E-state index contributed by atoms with van der Waals surface area (Å²) in [6, 6.07) is 10.2. The maximum absolute atomic E-state index is 12.7. The molecule has 0 aliphatic carbocycles. The molecule has 0 bridgehead atoms. The predicted octanol–water partition coefficient (Wildman–Crippen LogP) is 4.48. The van der Waals surface area contributed by atoms with E-state index < -0.39 is 11.7 Å². The van der Waals surface area contributed by atoms with Crippen molar-refractivity contribution < 1.29 is 13.2 Å². The lowest BCUT2D eigenvalue weighted by molar-refractivity contribution is -0.137. The van der Waals surface area contributed by atoms with Gasteiger partial charge in [0.2, 0.25) is 0 Å². The molecule has 0 saturated carbocycles. The van der Waals surface area contributed by atoms with Gasteiger partial charge in [-0.1, -0.05) is 29.8 Å². The maximum atomic E-state index is 12.7. The SMILES string of the molecule is NCc1ccc(Cl)c(-c2cccc(C(F)(F)F)c2)c1. The van der Waals surface area contributed by atoms with Crippen LogP contribution >= 0.6 is 11.6 Å². The first-order chi connectivity index (χ1) is 8.91. The van der Waals surface area contributed by atoms with Gasteiger partial charge in [-0.2, -0.15) is 13.2 Å². The number of rotatable bonds is 2. The lowest BCUT2D eigenvalue weighted by atomic mass is 10.0. The molecule has 0 radical (unpaired) electrons. The van der Waals surface area contributed by atoms with Gasteiger partial charge in [0.25, 0.3) is 0 Å². The highest BCUT2D eigenvalue weighted by molar-refractivity contribution is 6.33. The number of alkyl halides is 3. The van der Waals surface area contributed by atoms with Crippen molar-refractivity contribution in [2.45, 2.75) is 12.7 Å². The highest BCUT2D eigenvalue weighted by Gasteiger charge is 2.30. The average molecular weight is 286 g/mol. The molecule has 0 amide bonds. The Hall–Kier alpha value is -1.52. The first-order valence-corrected chi connectivity index (χ1v) is 5.96. The second-order valence-corrected chi connectivity index (χ2v) is 4.50. The summed E-state index contributed by atoms with van der Waals surface area (Å²) in [6.45, 7) is 0.309. The van der Waals surface area contributed by atoms with Crippen LogP contribution in [0.15, 0.2) is 42.5 Å². The van der Waals surface area contributed by atoms with E-state index in [1.54, 1.807) is 24.3 Å². The molecule has 0 atom stereocenters. The molecule has 1 nitrogen and oxygen atoms in total. The van der Waals surface area contributed by atoms with Crippen molar-refractivity contribution in [2.75, 3.05) is 0 Å². The molecule has 0 aromatic heterocycles. The molecule has 2 N–H and O–H groups in total. The van der Waals surface area contributed by atoms with Gasteiger partial charge in [0.05, 0.1) is 5.56 Å². The van der Waals surface area contributed by atoms with Crippen LogP contribution in [0.5, 0.6) is 0 Å². The second-order valence-electron chi connectivity index (χ2n) is 4.10. The molecule has 5 heteroatoms. The topological polar surface area (TPSA) is 26.0 Å². The van der Waals surface area contributed by atoms with Gasteiger partial charge in [0, 0.05) is 17.1 Å². The Morgan fingerprint density at radius 1 is 1.05 bits per heavy atom. The molecule has 0 spiro atoms. The van der Waals surface area contributed by atoms with Crippen LogP contribution in [0.2, 0.25) is 5.02 Å². The van der Waals surface area contributed by atoms with Crippen LogP contribution in [0.25, 0.3) is 11.1 Å².